The molecule has 3 rings (SSSR count). The van der Waals surface area contributed by atoms with Gasteiger partial charge in [-0.05, 0) is 37.3 Å². The number of hydrogen-bond donors (Lipinski definition) is 2. The summed E-state index contributed by atoms with van der Waals surface area (Å²) in [5, 5.41) is 13.9. The Hall–Kier alpha value is -3.04. The van der Waals surface area contributed by atoms with Crippen molar-refractivity contribution < 1.29 is 18.0 Å². The lowest BCUT2D eigenvalue weighted by Crippen LogP contribution is -2.50. The lowest BCUT2D eigenvalue weighted by atomic mass is 10.2. The van der Waals surface area contributed by atoms with Gasteiger partial charge in [0, 0.05) is 38.4 Å². The summed E-state index contributed by atoms with van der Waals surface area (Å²) in [5.74, 6) is 1.42. The average molecular weight is 394 g/mol. The highest BCUT2D eigenvalue weighted by molar-refractivity contribution is 5.89. The monoisotopic (exact) mass is 394 g/mol. The van der Waals surface area contributed by atoms with E-state index in [1.54, 1.807) is 4.90 Å². The Kier molecular flexibility index (Phi) is 5.86. The molecule has 150 valence electrons. The fourth-order valence-electron chi connectivity index (χ4n) is 2.88. The van der Waals surface area contributed by atoms with Crippen LogP contribution in [0, 0.1) is 0 Å². The molecule has 1 fully saturated rings. The van der Waals surface area contributed by atoms with E-state index in [0.717, 1.165) is 24.5 Å². The second-order valence-corrected chi connectivity index (χ2v) is 6.29. The van der Waals surface area contributed by atoms with E-state index in [1.807, 2.05) is 24.0 Å². The van der Waals surface area contributed by atoms with Crippen molar-refractivity contribution >= 4 is 23.4 Å². The third-order valence-electron chi connectivity index (χ3n) is 4.34. The second-order valence-electron chi connectivity index (χ2n) is 6.29. The van der Waals surface area contributed by atoms with Gasteiger partial charge >= 0.3 is 12.2 Å². The lowest BCUT2D eigenvalue weighted by Gasteiger charge is -2.35. The second kappa shape index (κ2) is 8.32. The number of alkyl halides is 3. The maximum atomic E-state index is 12.8. The van der Waals surface area contributed by atoms with Crippen LogP contribution in [0.3, 0.4) is 0 Å². The standard InChI is InChI=1S/C18H21F3N6O/c1-2-22-15-6-7-16(25-24-15)26-8-10-27(11-9-26)17(28)23-14-5-3-4-13(12-14)18(19,20)21/h3-7,12H,2,8-11H2,1H3,(H,22,24)(H,23,28). The third-order valence-corrected chi connectivity index (χ3v) is 4.34. The lowest BCUT2D eigenvalue weighted by molar-refractivity contribution is -0.137. The van der Waals surface area contributed by atoms with Gasteiger partial charge in [-0.2, -0.15) is 13.2 Å². The molecule has 1 aliphatic rings. The van der Waals surface area contributed by atoms with Crippen molar-refractivity contribution in [1.29, 1.82) is 0 Å². The minimum absolute atomic E-state index is 0.118. The molecule has 0 atom stereocenters. The highest BCUT2D eigenvalue weighted by Crippen LogP contribution is 2.30. The number of nitrogens with one attached hydrogen (secondary N) is 2. The summed E-state index contributed by atoms with van der Waals surface area (Å²) in [4.78, 5) is 15.9. The molecule has 0 unspecified atom stereocenters. The van der Waals surface area contributed by atoms with Crippen molar-refractivity contribution in [3.05, 3.63) is 42.0 Å². The molecule has 1 aromatic heterocycles. The zero-order valence-corrected chi connectivity index (χ0v) is 15.3. The van der Waals surface area contributed by atoms with Crippen LogP contribution in [0.25, 0.3) is 0 Å². The van der Waals surface area contributed by atoms with Gasteiger partial charge in [-0.3, -0.25) is 0 Å². The molecule has 0 saturated carbocycles. The van der Waals surface area contributed by atoms with Crippen molar-refractivity contribution in [3.63, 3.8) is 0 Å². The van der Waals surface area contributed by atoms with Gasteiger partial charge in [-0.15, -0.1) is 10.2 Å². The Morgan fingerprint density at radius 1 is 1.11 bits per heavy atom. The summed E-state index contributed by atoms with van der Waals surface area (Å²) < 4.78 is 38.4. The molecule has 1 saturated heterocycles. The van der Waals surface area contributed by atoms with Gasteiger partial charge in [-0.1, -0.05) is 6.07 Å². The van der Waals surface area contributed by atoms with E-state index in [1.165, 1.54) is 12.1 Å². The number of rotatable bonds is 4. The molecule has 2 amide bonds. The van der Waals surface area contributed by atoms with Crippen LogP contribution in [-0.4, -0.2) is 53.9 Å². The van der Waals surface area contributed by atoms with Crippen LogP contribution in [0.1, 0.15) is 12.5 Å². The molecule has 0 bridgehead atoms. The highest BCUT2D eigenvalue weighted by Gasteiger charge is 2.30. The minimum atomic E-state index is -4.45. The zero-order valence-electron chi connectivity index (χ0n) is 15.3. The van der Waals surface area contributed by atoms with Crippen molar-refractivity contribution in [2.75, 3.05) is 48.3 Å². The molecular weight excluding hydrogens is 373 g/mol. The number of carbonyl (C=O) groups is 1. The van der Waals surface area contributed by atoms with Crippen molar-refractivity contribution in [1.82, 2.24) is 15.1 Å². The van der Waals surface area contributed by atoms with Gasteiger partial charge in [-0.25, -0.2) is 4.79 Å². The number of halogens is 3. The van der Waals surface area contributed by atoms with Crippen LogP contribution in [0.5, 0.6) is 0 Å². The first-order valence-corrected chi connectivity index (χ1v) is 8.92. The Morgan fingerprint density at radius 3 is 2.46 bits per heavy atom. The van der Waals surface area contributed by atoms with Gasteiger partial charge in [0.15, 0.2) is 5.82 Å². The molecule has 10 heteroatoms. The van der Waals surface area contributed by atoms with E-state index in [-0.39, 0.29) is 5.69 Å². The molecule has 2 aromatic rings. The third kappa shape index (κ3) is 4.81. The highest BCUT2D eigenvalue weighted by atomic mass is 19.4. The number of hydrogen-bond acceptors (Lipinski definition) is 5. The smallest absolute Gasteiger partial charge is 0.369 e. The van der Waals surface area contributed by atoms with Gasteiger partial charge < -0.3 is 20.4 Å². The van der Waals surface area contributed by atoms with E-state index in [4.69, 9.17) is 0 Å². The first-order valence-electron chi connectivity index (χ1n) is 8.92. The summed E-state index contributed by atoms with van der Waals surface area (Å²) in [6, 6.07) is 7.89. The molecule has 7 nitrogen and oxygen atoms in total. The molecular formula is C18H21F3N6O. The number of amides is 2. The van der Waals surface area contributed by atoms with Crippen molar-refractivity contribution in [2.45, 2.75) is 13.1 Å². The van der Waals surface area contributed by atoms with E-state index in [9.17, 15) is 18.0 Å². The molecule has 2 heterocycles. The Balaban J connectivity index is 1.55. The summed E-state index contributed by atoms with van der Waals surface area (Å²) in [6.07, 6.45) is -4.45. The molecule has 2 N–H and O–H groups in total. The molecule has 1 aliphatic heterocycles. The molecule has 0 radical (unpaired) electrons. The number of anilines is 3. The van der Waals surface area contributed by atoms with E-state index in [0.29, 0.717) is 32.0 Å². The fraction of sp³-hybridized carbons (Fsp3) is 0.389. The minimum Gasteiger partial charge on any atom is -0.369 e. The van der Waals surface area contributed by atoms with Crippen LogP contribution < -0.4 is 15.5 Å². The summed E-state index contributed by atoms with van der Waals surface area (Å²) in [5.41, 5.74) is -0.679. The van der Waals surface area contributed by atoms with E-state index < -0.39 is 17.8 Å². The van der Waals surface area contributed by atoms with Crippen molar-refractivity contribution in [2.24, 2.45) is 0 Å². The summed E-state index contributed by atoms with van der Waals surface area (Å²) in [6.45, 7) is 4.71. The molecule has 0 spiro atoms. The maximum absolute atomic E-state index is 12.8. The Morgan fingerprint density at radius 2 is 1.86 bits per heavy atom. The number of aromatic nitrogens is 2. The van der Waals surface area contributed by atoms with Crippen LogP contribution in [0.2, 0.25) is 0 Å². The largest absolute Gasteiger partial charge is 0.416 e. The van der Waals surface area contributed by atoms with Crippen LogP contribution in [-0.2, 0) is 6.18 Å². The first kappa shape index (κ1) is 19.7. The van der Waals surface area contributed by atoms with Gasteiger partial charge in [0.2, 0.25) is 0 Å². The summed E-state index contributed by atoms with van der Waals surface area (Å²) in [7, 11) is 0. The maximum Gasteiger partial charge on any atom is 0.416 e. The number of urea groups is 1. The van der Waals surface area contributed by atoms with Crippen molar-refractivity contribution in [3.8, 4) is 0 Å². The topological polar surface area (TPSA) is 73.4 Å². The quantitative estimate of drug-likeness (QED) is 0.833. The van der Waals surface area contributed by atoms with Crippen LogP contribution in [0.15, 0.2) is 36.4 Å². The Bertz CT molecular complexity index is 804. The number of piperazine rings is 1. The van der Waals surface area contributed by atoms with Crippen LogP contribution >= 0.6 is 0 Å². The number of carbonyl (C=O) groups excluding carboxylic acids is 1. The number of benzene rings is 1. The van der Waals surface area contributed by atoms with Crippen LogP contribution in [0.4, 0.5) is 35.3 Å². The molecule has 1 aromatic carbocycles. The van der Waals surface area contributed by atoms with Gasteiger partial charge in [0.1, 0.15) is 5.82 Å². The number of nitrogens with zero attached hydrogens (tertiary/aromatic N) is 4. The zero-order chi connectivity index (χ0) is 20.1. The van der Waals surface area contributed by atoms with Gasteiger partial charge in [0.25, 0.3) is 0 Å². The fourth-order valence-corrected chi connectivity index (χ4v) is 2.88. The van der Waals surface area contributed by atoms with E-state index >= 15 is 0 Å². The molecule has 0 aliphatic carbocycles. The molecule has 28 heavy (non-hydrogen) atoms. The normalized spacial score (nSPS) is 14.7. The predicted octanol–water partition coefficient (Wildman–Crippen LogP) is 3.28. The first-order chi connectivity index (χ1) is 13.4. The van der Waals surface area contributed by atoms with E-state index in [2.05, 4.69) is 20.8 Å². The van der Waals surface area contributed by atoms with Gasteiger partial charge in [0.05, 0.1) is 5.56 Å². The average Bonchev–Trinajstić information content (AvgIpc) is 2.68. The summed E-state index contributed by atoms with van der Waals surface area (Å²) >= 11 is 0. The Labute approximate surface area is 160 Å². The predicted molar refractivity (Wildman–Crippen MR) is 100 cm³/mol. The SMILES string of the molecule is CCNc1ccc(N2CCN(C(=O)Nc3cccc(C(F)(F)F)c3)CC2)nn1.